The van der Waals surface area contributed by atoms with Crippen LogP contribution in [0.3, 0.4) is 0 Å². The van der Waals surface area contributed by atoms with Crippen molar-refractivity contribution in [3.8, 4) is 11.5 Å². The Balaban J connectivity index is 1.90. The molecule has 1 aromatic heterocycles. The number of hydrogen-bond donors (Lipinski definition) is 1. The van der Waals surface area contributed by atoms with Crippen molar-refractivity contribution < 1.29 is 14.6 Å². The molecule has 104 valence electrons. The molecule has 0 amide bonds. The summed E-state index contributed by atoms with van der Waals surface area (Å²) in [5.41, 5.74) is 2.05. The number of hydrogen-bond acceptors (Lipinski definition) is 5. The fraction of sp³-hybridized carbons (Fsp3) is 0.333. The SMILES string of the molecule is Cc1cnc(C(O)c2ccc3c(c2)OCCCO3)cn1. The third kappa shape index (κ3) is 2.58. The second kappa shape index (κ2) is 5.46. The van der Waals surface area contributed by atoms with Crippen LogP contribution >= 0.6 is 0 Å². The minimum Gasteiger partial charge on any atom is -0.490 e. The highest BCUT2D eigenvalue weighted by Crippen LogP contribution is 2.33. The van der Waals surface area contributed by atoms with Crippen LogP contribution in [0.1, 0.15) is 29.5 Å². The standard InChI is InChI=1S/C15H16N2O3/c1-10-8-17-12(9-16-10)15(18)11-3-4-13-14(7-11)20-6-2-5-19-13/h3-4,7-9,15,18H,2,5-6H2,1H3. The van der Waals surface area contributed by atoms with Crippen molar-refractivity contribution in [1.29, 1.82) is 0 Å². The van der Waals surface area contributed by atoms with E-state index in [1.54, 1.807) is 18.5 Å². The lowest BCUT2D eigenvalue weighted by Gasteiger charge is -2.13. The summed E-state index contributed by atoms with van der Waals surface area (Å²) in [6.45, 7) is 3.13. The Morgan fingerprint density at radius 1 is 1.10 bits per heavy atom. The molecule has 1 atom stereocenters. The van der Waals surface area contributed by atoms with Gasteiger partial charge in [-0.05, 0) is 24.6 Å². The van der Waals surface area contributed by atoms with Gasteiger partial charge in [-0.25, -0.2) is 0 Å². The molecular formula is C15H16N2O3. The van der Waals surface area contributed by atoms with Crippen LogP contribution in [0.25, 0.3) is 0 Å². The molecule has 2 aromatic rings. The van der Waals surface area contributed by atoms with Crippen molar-refractivity contribution in [1.82, 2.24) is 9.97 Å². The van der Waals surface area contributed by atoms with Gasteiger partial charge in [-0.15, -0.1) is 0 Å². The van der Waals surface area contributed by atoms with Gasteiger partial charge in [0.1, 0.15) is 6.10 Å². The van der Waals surface area contributed by atoms with Crippen molar-refractivity contribution in [3.63, 3.8) is 0 Å². The van der Waals surface area contributed by atoms with E-state index in [-0.39, 0.29) is 0 Å². The average Bonchev–Trinajstić information content (AvgIpc) is 2.71. The van der Waals surface area contributed by atoms with Crippen molar-refractivity contribution in [2.45, 2.75) is 19.4 Å². The number of aryl methyl sites for hydroxylation is 1. The highest BCUT2D eigenvalue weighted by molar-refractivity contribution is 5.45. The zero-order valence-corrected chi connectivity index (χ0v) is 11.2. The van der Waals surface area contributed by atoms with Gasteiger partial charge in [0.15, 0.2) is 11.5 Å². The Kier molecular flexibility index (Phi) is 3.52. The molecule has 0 radical (unpaired) electrons. The molecule has 0 aliphatic carbocycles. The van der Waals surface area contributed by atoms with E-state index in [1.807, 2.05) is 19.1 Å². The lowest BCUT2D eigenvalue weighted by Crippen LogP contribution is -2.04. The molecular weight excluding hydrogens is 256 g/mol. The van der Waals surface area contributed by atoms with Crippen LogP contribution < -0.4 is 9.47 Å². The maximum absolute atomic E-state index is 10.4. The first-order valence-electron chi connectivity index (χ1n) is 6.60. The molecule has 5 nitrogen and oxygen atoms in total. The number of nitrogens with zero attached hydrogens (tertiary/aromatic N) is 2. The van der Waals surface area contributed by atoms with Crippen LogP contribution in [-0.4, -0.2) is 28.3 Å². The predicted octanol–water partition coefficient (Wildman–Crippen LogP) is 2.03. The molecule has 1 aliphatic heterocycles. The Bertz CT molecular complexity index is 599. The number of ether oxygens (including phenoxy) is 2. The van der Waals surface area contributed by atoms with Gasteiger partial charge < -0.3 is 14.6 Å². The quantitative estimate of drug-likeness (QED) is 0.906. The normalized spacial score (nSPS) is 15.5. The molecule has 0 saturated carbocycles. The number of benzene rings is 1. The molecule has 1 N–H and O–H groups in total. The molecule has 0 saturated heterocycles. The summed E-state index contributed by atoms with van der Waals surface area (Å²) in [6.07, 6.45) is 3.26. The van der Waals surface area contributed by atoms with Crippen molar-refractivity contribution in [2.75, 3.05) is 13.2 Å². The Morgan fingerprint density at radius 2 is 1.90 bits per heavy atom. The molecule has 1 unspecified atom stereocenters. The van der Waals surface area contributed by atoms with E-state index in [2.05, 4.69) is 9.97 Å². The van der Waals surface area contributed by atoms with E-state index in [0.717, 1.165) is 12.1 Å². The number of rotatable bonds is 2. The minimum absolute atomic E-state index is 0.519. The number of aliphatic hydroxyl groups is 1. The number of aromatic nitrogens is 2. The maximum Gasteiger partial charge on any atom is 0.161 e. The number of aliphatic hydroxyl groups excluding tert-OH is 1. The summed E-state index contributed by atoms with van der Waals surface area (Å²) < 4.78 is 11.2. The van der Waals surface area contributed by atoms with Gasteiger partial charge in [-0.3, -0.25) is 9.97 Å². The zero-order valence-electron chi connectivity index (χ0n) is 11.2. The molecule has 0 spiro atoms. The molecule has 1 aromatic carbocycles. The second-order valence-corrected chi connectivity index (χ2v) is 4.74. The summed E-state index contributed by atoms with van der Waals surface area (Å²) in [6, 6.07) is 5.44. The average molecular weight is 272 g/mol. The van der Waals surface area contributed by atoms with Crippen LogP contribution in [0, 0.1) is 6.92 Å². The van der Waals surface area contributed by atoms with Gasteiger partial charge in [0.05, 0.1) is 30.8 Å². The largest absolute Gasteiger partial charge is 0.490 e. The fourth-order valence-electron chi connectivity index (χ4n) is 2.06. The molecule has 0 fully saturated rings. The van der Waals surface area contributed by atoms with Crippen molar-refractivity contribution in [2.24, 2.45) is 0 Å². The van der Waals surface area contributed by atoms with Crippen molar-refractivity contribution >= 4 is 0 Å². The molecule has 20 heavy (non-hydrogen) atoms. The molecule has 0 bridgehead atoms. The first-order valence-corrected chi connectivity index (χ1v) is 6.60. The van der Waals surface area contributed by atoms with Gasteiger partial charge >= 0.3 is 0 Å². The first-order chi connectivity index (χ1) is 9.74. The van der Waals surface area contributed by atoms with Gasteiger partial charge in [-0.1, -0.05) is 6.07 Å². The Morgan fingerprint density at radius 3 is 2.65 bits per heavy atom. The smallest absolute Gasteiger partial charge is 0.161 e. The summed E-state index contributed by atoms with van der Waals surface area (Å²) in [7, 11) is 0. The van der Waals surface area contributed by atoms with E-state index in [1.165, 1.54) is 0 Å². The fourth-order valence-corrected chi connectivity index (χ4v) is 2.06. The summed E-state index contributed by atoms with van der Waals surface area (Å²) in [5, 5.41) is 10.4. The third-order valence-corrected chi connectivity index (χ3v) is 3.17. The highest BCUT2D eigenvalue weighted by Gasteiger charge is 2.17. The minimum atomic E-state index is -0.819. The van der Waals surface area contributed by atoms with Crippen LogP contribution in [0.4, 0.5) is 0 Å². The molecule has 2 heterocycles. The zero-order chi connectivity index (χ0) is 13.9. The van der Waals surface area contributed by atoms with E-state index < -0.39 is 6.10 Å². The first kappa shape index (κ1) is 12.9. The number of fused-ring (bicyclic) bond motifs is 1. The summed E-state index contributed by atoms with van der Waals surface area (Å²) >= 11 is 0. The molecule has 5 heteroatoms. The summed E-state index contributed by atoms with van der Waals surface area (Å²) in [5.74, 6) is 1.38. The van der Waals surface area contributed by atoms with Gasteiger partial charge in [0, 0.05) is 12.6 Å². The molecule has 3 rings (SSSR count). The lowest BCUT2D eigenvalue weighted by atomic mass is 10.1. The van der Waals surface area contributed by atoms with Crippen LogP contribution in [0.15, 0.2) is 30.6 Å². The van der Waals surface area contributed by atoms with Crippen LogP contribution in [-0.2, 0) is 0 Å². The second-order valence-electron chi connectivity index (χ2n) is 4.74. The Hall–Kier alpha value is -2.14. The van der Waals surface area contributed by atoms with Gasteiger partial charge in [-0.2, -0.15) is 0 Å². The Labute approximate surface area is 117 Å². The van der Waals surface area contributed by atoms with E-state index in [0.29, 0.717) is 36.0 Å². The van der Waals surface area contributed by atoms with Gasteiger partial charge in [0.25, 0.3) is 0 Å². The lowest BCUT2D eigenvalue weighted by molar-refractivity contribution is 0.214. The summed E-state index contributed by atoms with van der Waals surface area (Å²) in [4.78, 5) is 8.35. The third-order valence-electron chi connectivity index (χ3n) is 3.17. The van der Waals surface area contributed by atoms with E-state index >= 15 is 0 Å². The predicted molar refractivity (Wildman–Crippen MR) is 72.9 cm³/mol. The van der Waals surface area contributed by atoms with Crippen LogP contribution in [0.5, 0.6) is 11.5 Å². The van der Waals surface area contributed by atoms with Crippen LogP contribution in [0.2, 0.25) is 0 Å². The van der Waals surface area contributed by atoms with Crippen molar-refractivity contribution in [3.05, 3.63) is 47.5 Å². The topological polar surface area (TPSA) is 64.5 Å². The maximum atomic E-state index is 10.4. The van der Waals surface area contributed by atoms with E-state index in [9.17, 15) is 5.11 Å². The van der Waals surface area contributed by atoms with Gasteiger partial charge in [0.2, 0.25) is 0 Å². The van der Waals surface area contributed by atoms with E-state index in [4.69, 9.17) is 9.47 Å². The monoisotopic (exact) mass is 272 g/mol. The molecule has 1 aliphatic rings. The highest BCUT2D eigenvalue weighted by atomic mass is 16.5.